The van der Waals surface area contributed by atoms with E-state index in [1.807, 2.05) is 30.3 Å². The van der Waals surface area contributed by atoms with Crippen molar-refractivity contribution in [2.45, 2.75) is 6.54 Å². The molecule has 0 atom stereocenters. The highest BCUT2D eigenvalue weighted by atomic mass is 16.1. The van der Waals surface area contributed by atoms with Gasteiger partial charge in [-0.2, -0.15) is 0 Å². The number of aromatic nitrogens is 3. The highest BCUT2D eigenvalue weighted by molar-refractivity contribution is 5.92. The Labute approximate surface area is 133 Å². The summed E-state index contributed by atoms with van der Waals surface area (Å²) < 4.78 is 0. The molecule has 3 aromatic rings. The fourth-order valence-electron chi connectivity index (χ4n) is 1.99. The molecule has 0 saturated heterocycles. The summed E-state index contributed by atoms with van der Waals surface area (Å²) in [7, 11) is 0. The minimum atomic E-state index is -0.225. The van der Waals surface area contributed by atoms with Crippen molar-refractivity contribution < 1.29 is 4.79 Å². The molecule has 23 heavy (non-hydrogen) atoms. The number of pyridine rings is 1. The molecular weight excluding hydrogens is 290 g/mol. The summed E-state index contributed by atoms with van der Waals surface area (Å²) in [4.78, 5) is 24.6. The van der Waals surface area contributed by atoms with Crippen molar-refractivity contribution in [3.8, 4) is 0 Å². The van der Waals surface area contributed by atoms with E-state index in [-0.39, 0.29) is 5.91 Å². The number of nitrogens with one attached hydrogen (secondary N) is 2. The van der Waals surface area contributed by atoms with Crippen LogP contribution in [0.4, 0.5) is 11.6 Å². The molecule has 0 fully saturated rings. The van der Waals surface area contributed by atoms with Crippen LogP contribution < -0.4 is 10.6 Å². The number of carbonyl (C=O) groups is 1. The first-order valence-electron chi connectivity index (χ1n) is 7.13. The van der Waals surface area contributed by atoms with E-state index < -0.39 is 0 Å². The Kier molecular flexibility index (Phi) is 4.54. The fraction of sp³-hybridized carbons (Fsp3) is 0.0588. The first-order valence-corrected chi connectivity index (χ1v) is 7.13. The predicted molar refractivity (Wildman–Crippen MR) is 87.2 cm³/mol. The monoisotopic (exact) mass is 305 g/mol. The predicted octanol–water partition coefficient (Wildman–Crippen LogP) is 2.55. The Morgan fingerprint density at radius 1 is 0.957 bits per heavy atom. The van der Waals surface area contributed by atoms with Crippen LogP contribution in [-0.4, -0.2) is 20.9 Å². The van der Waals surface area contributed by atoms with Gasteiger partial charge < -0.3 is 10.6 Å². The maximum absolute atomic E-state index is 12.2. The Bertz CT molecular complexity index is 777. The van der Waals surface area contributed by atoms with Crippen LogP contribution in [0.15, 0.2) is 67.1 Å². The van der Waals surface area contributed by atoms with E-state index in [4.69, 9.17) is 0 Å². The summed E-state index contributed by atoms with van der Waals surface area (Å²) in [5, 5.41) is 5.86. The van der Waals surface area contributed by atoms with Crippen LogP contribution in [0, 0.1) is 0 Å². The van der Waals surface area contributed by atoms with E-state index in [2.05, 4.69) is 25.6 Å². The van der Waals surface area contributed by atoms with Crippen LogP contribution in [0.5, 0.6) is 0 Å². The molecule has 1 aromatic carbocycles. The Morgan fingerprint density at radius 3 is 2.61 bits per heavy atom. The van der Waals surface area contributed by atoms with Crippen LogP contribution in [0.1, 0.15) is 16.1 Å². The van der Waals surface area contributed by atoms with Gasteiger partial charge in [-0.05, 0) is 17.7 Å². The smallest absolute Gasteiger partial charge is 0.270 e. The average molecular weight is 305 g/mol. The molecule has 0 spiro atoms. The number of hydrogen-bond acceptors (Lipinski definition) is 5. The van der Waals surface area contributed by atoms with Gasteiger partial charge in [0.15, 0.2) is 0 Å². The van der Waals surface area contributed by atoms with E-state index >= 15 is 0 Å². The third kappa shape index (κ3) is 4.10. The number of anilines is 2. The lowest BCUT2D eigenvalue weighted by molar-refractivity contribution is 0.0946. The molecule has 0 radical (unpaired) electrons. The van der Waals surface area contributed by atoms with Crippen molar-refractivity contribution in [2.75, 3.05) is 5.32 Å². The highest BCUT2D eigenvalue weighted by Crippen LogP contribution is 2.11. The van der Waals surface area contributed by atoms with Gasteiger partial charge in [-0.1, -0.05) is 36.4 Å². The molecule has 0 aliphatic carbocycles. The number of rotatable bonds is 5. The van der Waals surface area contributed by atoms with Crippen molar-refractivity contribution in [3.05, 3.63) is 78.4 Å². The van der Waals surface area contributed by atoms with Gasteiger partial charge in [-0.3, -0.25) is 9.78 Å². The van der Waals surface area contributed by atoms with Crippen molar-refractivity contribution >= 4 is 17.5 Å². The molecule has 114 valence electrons. The normalized spacial score (nSPS) is 10.1. The van der Waals surface area contributed by atoms with Gasteiger partial charge in [0, 0.05) is 18.9 Å². The second-order valence-electron chi connectivity index (χ2n) is 4.79. The van der Waals surface area contributed by atoms with Crippen molar-refractivity contribution in [1.29, 1.82) is 0 Å². The quantitative estimate of drug-likeness (QED) is 0.757. The second kappa shape index (κ2) is 7.13. The van der Waals surface area contributed by atoms with Crippen LogP contribution in [0.25, 0.3) is 0 Å². The molecule has 0 unspecified atom stereocenters. The third-order valence-electron chi connectivity index (χ3n) is 3.10. The van der Waals surface area contributed by atoms with Crippen molar-refractivity contribution in [3.63, 3.8) is 0 Å². The van der Waals surface area contributed by atoms with E-state index in [1.165, 1.54) is 0 Å². The number of amides is 1. The molecule has 6 nitrogen and oxygen atoms in total. The van der Waals surface area contributed by atoms with E-state index in [0.29, 0.717) is 23.9 Å². The minimum Gasteiger partial charge on any atom is -0.347 e. The molecule has 0 saturated carbocycles. The maximum atomic E-state index is 12.2. The Hall–Kier alpha value is -3.28. The van der Waals surface area contributed by atoms with E-state index in [1.54, 1.807) is 36.8 Å². The average Bonchev–Trinajstić information content (AvgIpc) is 2.62. The lowest BCUT2D eigenvalue weighted by Gasteiger charge is -2.07. The van der Waals surface area contributed by atoms with E-state index in [0.717, 1.165) is 5.56 Å². The number of nitrogens with zero attached hydrogens (tertiary/aromatic N) is 3. The first-order chi connectivity index (χ1) is 11.3. The summed E-state index contributed by atoms with van der Waals surface area (Å²) in [6.07, 6.45) is 4.76. The van der Waals surface area contributed by atoms with E-state index in [9.17, 15) is 4.79 Å². The lowest BCUT2D eigenvalue weighted by atomic mass is 10.2. The van der Waals surface area contributed by atoms with Gasteiger partial charge >= 0.3 is 0 Å². The number of hydrogen-bond donors (Lipinski definition) is 2. The largest absolute Gasteiger partial charge is 0.347 e. The van der Waals surface area contributed by atoms with Crippen LogP contribution >= 0.6 is 0 Å². The summed E-state index contributed by atoms with van der Waals surface area (Å²) in [5.41, 5.74) is 1.38. The molecule has 0 bridgehead atoms. The third-order valence-corrected chi connectivity index (χ3v) is 3.10. The molecule has 1 amide bonds. The summed E-state index contributed by atoms with van der Waals surface area (Å²) in [5.74, 6) is 0.886. The molecule has 2 heterocycles. The van der Waals surface area contributed by atoms with Gasteiger partial charge in [-0.15, -0.1) is 0 Å². The molecular formula is C17H15N5O. The Balaban J connectivity index is 1.65. The highest BCUT2D eigenvalue weighted by Gasteiger charge is 2.08. The van der Waals surface area contributed by atoms with Gasteiger partial charge in [0.1, 0.15) is 17.3 Å². The standard InChI is InChI=1S/C17H15N5O/c23-17(20-11-13-5-2-1-3-6-13)14-7-4-8-15(21-14)22-16-12-18-9-10-19-16/h1-10,12H,11H2,(H,20,23)(H,19,21,22). The van der Waals surface area contributed by atoms with Gasteiger partial charge in [-0.25, -0.2) is 9.97 Å². The van der Waals surface area contributed by atoms with Crippen molar-refractivity contribution in [1.82, 2.24) is 20.3 Å². The molecule has 3 rings (SSSR count). The topological polar surface area (TPSA) is 79.8 Å². The van der Waals surface area contributed by atoms with Gasteiger partial charge in [0.05, 0.1) is 6.20 Å². The molecule has 0 aliphatic heterocycles. The van der Waals surface area contributed by atoms with Gasteiger partial charge in [0.2, 0.25) is 0 Å². The first kappa shape index (κ1) is 14.6. The molecule has 2 N–H and O–H groups in total. The summed E-state index contributed by atoms with van der Waals surface area (Å²) in [6.45, 7) is 0.461. The van der Waals surface area contributed by atoms with Crippen molar-refractivity contribution in [2.24, 2.45) is 0 Å². The summed E-state index contributed by atoms with van der Waals surface area (Å²) >= 11 is 0. The zero-order chi connectivity index (χ0) is 15.9. The number of carbonyl (C=O) groups excluding carboxylic acids is 1. The lowest BCUT2D eigenvalue weighted by Crippen LogP contribution is -2.23. The van der Waals surface area contributed by atoms with Gasteiger partial charge in [0.25, 0.3) is 5.91 Å². The van der Waals surface area contributed by atoms with Crippen LogP contribution in [0.2, 0.25) is 0 Å². The molecule has 6 heteroatoms. The second-order valence-corrected chi connectivity index (χ2v) is 4.79. The molecule has 2 aromatic heterocycles. The minimum absolute atomic E-state index is 0.225. The summed E-state index contributed by atoms with van der Waals surface area (Å²) in [6, 6.07) is 14.9. The van der Waals surface area contributed by atoms with Crippen LogP contribution in [-0.2, 0) is 6.54 Å². The fourth-order valence-corrected chi connectivity index (χ4v) is 1.99. The maximum Gasteiger partial charge on any atom is 0.270 e. The zero-order valence-electron chi connectivity index (χ0n) is 12.3. The Morgan fingerprint density at radius 2 is 1.83 bits per heavy atom. The number of benzene rings is 1. The molecule has 0 aliphatic rings. The SMILES string of the molecule is O=C(NCc1ccccc1)c1cccc(Nc2cnccn2)n1. The zero-order valence-corrected chi connectivity index (χ0v) is 12.3. The van der Waals surface area contributed by atoms with Crippen LogP contribution in [0.3, 0.4) is 0 Å².